The second-order valence-electron chi connectivity index (χ2n) is 8.76. The van der Waals surface area contributed by atoms with Crippen LogP contribution in [0.4, 0.5) is 0 Å². The average molecular weight is 440 g/mol. The molecule has 166 valence electrons. The third-order valence-corrected chi connectivity index (χ3v) is 6.72. The van der Waals surface area contributed by atoms with Crippen molar-refractivity contribution >= 4 is 5.91 Å². The van der Waals surface area contributed by atoms with Gasteiger partial charge in [-0.1, -0.05) is 72.8 Å². The van der Waals surface area contributed by atoms with E-state index in [2.05, 4.69) is 36.4 Å². The first-order valence-electron chi connectivity index (χ1n) is 11.4. The lowest BCUT2D eigenvalue weighted by Gasteiger charge is -2.44. The van der Waals surface area contributed by atoms with Gasteiger partial charge in [0.05, 0.1) is 18.8 Å². The van der Waals surface area contributed by atoms with Crippen LogP contribution in [0, 0.1) is 0 Å². The van der Waals surface area contributed by atoms with E-state index in [-0.39, 0.29) is 30.8 Å². The third-order valence-electron chi connectivity index (χ3n) is 6.72. The first-order valence-corrected chi connectivity index (χ1v) is 11.4. The fraction of sp³-hybridized carbons (Fsp3) is 0.250. The highest BCUT2D eigenvalue weighted by Gasteiger charge is 2.42. The number of amides is 1. The number of hydrogen-bond acceptors (Lipinski definition) is 4. The molecule has 6 rings (SSSR count). The first-order chi connectivity index (χ1) is 16.3. The van der Waals surface area contributed by atoms with E-state index in [4.69, 9.17) is 14.2 Å². The lowest BCUT2D eigenvalue weighted by Crippen LogP contribution is -2.48. The summed E-state index contributed by atoms with van der Waals surface area (Å²) in [6, 6.07) is 24.2. The van der Waals surface area contributed by atoms with Gasteiger partial charge in [0.15, 0.2) is 11.5 Å². The van der Waals surface area contributed by atoms with E-state index < -0.39 is 0 Å². The summed E-state index contributed by atoms with van der Waals surface area (Å²) in [5.74, 6) is 1.51. The summed E-state index contributed by atoms with van der Waals surface area (Å²) >= 11 is 0. The van der Waals surface area contributed by atoms with E-state index >= 15 is 0 Å². The maximum absolute atomic E-state index is 13.6. The van der Waals surface area contributed by atoms with Crippen LogP contribution in [-0.2, 0) is 17.9 Å². The van der Waals surface area contributed by atoms with E-state index in [0.29, 0.717) is 30.2 Å². The molecule has 1 aliphatic carbocycles. The second kappa shape index (κ2) is 8.41. The summed E-state index contributed by atoms with van der Waals surface area (Å²) in [5, 5.41) is 0. The number of hydrogen-bond donors (Lipinski definition) is 0. The van der Waals surface area contributed by atoms with E-state index in [1.165, 1.54) is 0 Å². The summed E-state index contributed by atoms with van der Waals surface area (Å²) in [5.41, 5.74) is 4.00. The van der Waals surface area contributed by atoms with Gasteiger partial charge in [0.2, 0.25) is 6.79 Å². The summed E-state index contributed by atoms with van der Waals surface area (Å²) in [6.07, 6.45) is 5.06. The maximum atomic E-state index is 13.6. The molecule has 3 aromatic rings. The van der Waals surface area contributed by atoms with Crippen LogP contribution in [0.3, 0.4) is 0 Å². The molecule has 0 spiro atoms. The van der Waals surface area contributed by atoms with Crippen LogP contribution in [-0.4, -0.2) is 29.7 Å². The van der Waals surface area contributed by atoms with Crippen molar-refractivity contribution in [1.82, 2.24) is 4.90 Å². The van der Waals surface area contributed by atoms with E-state index in [9.17, 15) is 4.79 Å². The van der Waals surface area contributed by atoms with Crippen LogP contribution in [0.15, 0.2) is 84.9 Å². The molecule has 3 aliphatic rings. The van der Waals surface area contributed by atoms with Gasteiger partial charge in [-0.05, 0) is 35.2 Å². The van der Waals surface area contributed by atoms with Crippen LogP contribution in [0.1, 0.15) is 39.4 Å². The monoisotopic (exact) mass is 439 g/mol. The van der Waals surface area contributed by atoms with Crippen molar-refractivity contribution in [2.24, 2.45) is 0 Å². The molecule has 0 bridgehead atoms. The van der Waals surface area contributed by atoms with Crippen molar-refractivity contribution in [3.8, 4) is 11.5 Å². The Morgan fingerprint density at radius 2 is 1.58 bits per heavy atom. The number of rotatable bonds is 5. The zero-order valence-corrected chi connectivity index (χ0v) is 18.2. The van der Waals surface area contributed by atoms with Gasteiger partial charge >= 0.3 is 0 Å². The fourth-order valence-corrected chi connectivity index (χ4v) is 5.07. The molecule has 1 amide bonds. The lowest BCUT2D eigenvalue weighted by atomic mass is 9.76. The summed E-state index contributed by atoms with van der Waals surface area (Å²) in [4.78, 5) is 15.6. The molecule has 33 heavy (non-hydrogen) atoms. The minimum atomic E-state index is -0.0258. The van der Waals surface area contributed by atoms with Crippen molar-refractivity contribution in [1.29, 1.82) is 0 Å². The van der Waals surface area contributed by atoms with Crippen LogP contribution in [0.5, 0.6) is 11.5 Å². The van der Waals surface area contributed by atoms with Crippen molar-refractivity contribution in [3.05, 3.63) is 107 Å². The van der Waals surface area contributed by atoms with E-state index in [1.807, 2.05) is 53.4 Å². The van der Waals surface area contributed by atoms with Gasteiger partial charge < -0.3 is 19.1 Å². The highest BCUT2D eigenvalue weighted by Crippen LogP contribution is 2.45. The second-order valence-corrected chi connectivity index (χ2v) is 8.76. The van der Waals surface area contributed by atoms with Crippen LogP contribution < -0.4 is 9.47 Å². The Balaban J connectivity index is 1.33. The quantitative estimate of drug-likeness (QED) is 0.521. The molecule has 0 fully saturated rings. The van der Waals surface area contributed by atoms with Gasteiger partial charge in [-0.15, -0.1) is 0 Å². The Morgan fingerprint density at radius 1 is 0.879 bits per heavy atom. The SMILES string of the molecule is O=C1c2cc3c(cc2[C@@H]2C[C@@H](OCc4ccccc4)C=C[C@H]2N1Cc1ccccc1)OCO3. The van der Waals surface area contributed by atoms with Gasteiger partial charge in [-0.2, -0.15) is 0 Å². The molecular weight excluding hydrogens is 414 g/mol. The van der Waals surface area contributed by atoms with Crippen LogP contribution in [0.2, 0.25) is 0 Å². The minimum Gasteiger partial charge on any atom is -0.454 e. The average Bonchev–Trinajstić information content (AvgIpc) is 3.33. The molecule has 0 radical (unpaired) electrons. The largest absolute Gasteiger partial charge is 0.454 e. The lowest BCUT2D eigenvalue weighted by molar-refractivity contribution is 0.0379. The Labute approximate surface area is 193 Å². The molecule has 3 atom stereocenters. The molecule has 0 aromatic heterocycles. The molecule has 2 heterocycles. The number of ether oxygens (including phenoxy) is 3. The molecule has 0 N–H and O–H groups in total. The highest BCUT2D eigenvalue weighted by atomic mass is 16.7. The highest BCUT2D eigenvalue weighted by molar-refractivity contribution is 5.98. The molecular formula is C28H25NO4. The van der Waals surface area contributed by atoms with Crippen molar-refractivity contribution in [3.63, 3.8) is 0 Å². The Hall–Kier alpha value is -3.57. The first kappa shape index (κ1) is 20.1. The molecule has 0 saturated heterocycles. The molecule has 5 nitrogen and oxygen atoms in total. The van der Waals surface area contributed by atoms with Crippen LogP contribution in [0.25, 0.3) is 0 Å². The van der Waals surface area contributed by atoms with Gasteiger partial charge in [0.1, 0.15) is 0 Å². The van der Waals surface area contributed by atoms with E-state index in [1.54, 1.807) is 0 Å². The van der Waals surface area contributed by atoms with Crippen molar-refractivity contribution in [2.45, 2.75) is 37.6 Å². The van der Waals surface area contributed by atoms with Gasteiger partial charge in [-0.3, -0.25) is 4.79 Å². The van der Waals surface area contributed by atoms with Gasteiger partial charge in [0.25, 0.3) is 5.91 Å². The maximum Gasteiger partial charge on any atom is 0.255 e. The predicted molar refractivity (Wildman–Crippen MR) is 124 cm³/mol. The Bertz CT molecular complexity index is 1190. The zero-order valence-electron chi connectivity index (χ0n) is 18.2. The van der Waals surface area contributed by atoms with Gasteiger partial charge in [0, 0.05) is 18.0 Å². The normalized spacial score (nSPS) is 22.7. The Morgan fingerprint density at radius 3 is 2.33 bits per heavy atom. The third kappa shape index (κ3) is 3.79. The summed E-state index contributed by atoms with van der Waals surface area (Å²) in [7, 11) is 0. The standard InChI is InChI=1S/C28H25NO4/c30-28-24-15-27-26(32-18-33-27)14-22(24)23-13-21(31-17-20-9-5-2-6-10-20)11-12-25(23)29(28)16-19-7-3-1-4-8-19/h1-12,14-15,21,23,25H,13,16-18H2/t21-,23-,25+/m0/s1. The van der Waals surface area contributed by atoms with Crippen molar-refractivity contribution in [2.75, 3.05) is 6.79 Å². The zero-order chi connectivity index (χ0) is 22.2. The number of benzene rings is 3. The smallest absolute Gasteiger partial charge is 0.255 e. The molecule has 5 heteroatoms. The number of fused-ring (bicyclic) bond motifs is 4. The van der Waals surface area contributed by atoms with Crippen LogP contribution >= 0.6 is 0 Å². The predicted octanol–water partition coefficient (Wildman–Crippen LogP) is 5.07. The molecule has 0 unspecified atom stereocenters. The fourth-order valence-electron chi connectivity index (χ4n) is 5.07. The minimum absolute atomic E-state index is 0.0171. The Kier molecular flexibility index (Phi) is 5.11. The van der Waals surface area contributed by atoms with Crippen molar-refractivity contribution < 1.29 is 19.0 Å². The van der Waals surface area contributed by atoms with Gasteiger partial charge in [-0.25, -0.2) is 0 Å². The summed E-state index contributed by atoms with van der Waals surface area (Å²) in [6.45, 7) is 1.32. The topological polar surface area (TPSA) is 48.0 Å². The number of nitrogens with zero attached hydrogens (tertiary/aromatic N) is 1. The number of carbonyl (C=O) groups excluding carboxylic acids is 1. The summed E-state index contributed by atoms with van der Waals surface area (Å²) < 4.78 is 17.5. The molecule has 0 saturated carbocycles. The van der Waals surface area contributed by atoms with E-state index in [0.717, 1.165) is 23.1 Å². The molecule has 3 aromatic carbocycles. The molecule has 2 aliphatic heterocycles. The number of carbonyl (C=O) groups is 1.